The maximum Gasteiger partial charge on any atom is 0.261 e. The van der Waals surface area contributed by atoms with Gasteiger partial charge in [-0.1, -0.05) is 223 Å². The molecule has 6 atom stereocenters. The minimum absolute atomic E-state index is 0.0954. The number of ether oxygens (including phenoxy) is 1. The van der Waals surface area contributed by atoms with Crippen LogP contribution in [0.2, 0.25) is 10.1 Å². The van der Waals surface area contributed by atoms with E-state index in [1.54, 1.807) is 0 Å². The summed E-state index contributed by atoms with van der Waals surface area (Å²) >= 11 is 0. The van der Waals surface area contributed by atoms with Gasteiger partial charge in [0.15, 0.2) is 0 Å². The van der Waals surface area contributed by atoms with Crippen LogP contribution < -0.4 is 31.4 Å². The van der Waals surface area contributed by atoms with Crippen molar-refractivity contribution in [3.8, 4) is 0 Å². The smallest absolute Gasteiger partial charge is 0.261 e. The van der Waals surface area contributed by atoms with Gasteiger partial charge < -0.3 is 22.6 Å². The van der Waals surface area contributed by atoms with E-state index in [9.17, 15) is 0 Å². The summed E-state index contributed by atoms with van der Waals surface area (Å²) in [5.41, 5.74) is 2.44. The highest BCUT2D eigenvalue weighted by molar-refractivity contribution is 7.42. The quantitative estimate of drug-likeness (QED) is 0.0718. The van der Waals surface area contributed by atoms with Gasteiger partial charge >= 0.3 is 0 Å². The number of rotatable bonds is 16. The summed E-state index contributed by atoms with van der Waals surface area (Å²) in [6.07, 6.45) is -1.72. The van der Waals surface area contributed by atoms with Gasteiger partial charge in [-0.25, -0.2) is 0 Å². The van der Waals surface area contributed by atoms with E-state index in [2.05, 4.69) is 225 Å². The largest absolute Gasteiger partial charge is 0.405 e. The molecule has 2 unspecified atom stereocenters. The fourth-order valence-corrected chi connectivity index (χ4v) is 19.7. The molecule has 0 saturated carbocycles. The van der Waals surface area contributed by atoms with Crippen LogP contribution in [0.25, 0.3) is 0 Å². The van der Waals surface area contributed by atoms with E-state index in [1.807, 2.05) is 0 Å². The minimum Gasteiger partial charge on any atom is -0.405 e. The molecule has 0 aliphatic carbocycles. The van der Waals surface area contributed by atoms with Gasteiger partial charge in [-0.3, -0.25) is 0 Å². The van der Waals surface area contributed by atoms with Crippen LogP contribution in [0.1, 0.15) is 52.7 Å². The predicted octanol–water partition coefficient (Wildman–Crippen LogP) is 9.13. The van der Waals surface area contributed by atoms with Crippen LogP contribution in [-0.2, 0) is 22.6 Å². The van der Waals surface area contributed by atoms with Crippen LogP contribution in [0.15, 0.2) is 170 Å². The molecular formula is C52H62O5P2Si2. The first-order valence-corrected chi connectivity index (χ1v) is 27.1. The molecule has 7 rings (SSSR count). The third-order valence-electron chi connectivity index (χ3n) is 11.9. The Balaban J connectivity index is 1.30. The summed E-state index contributed by atoms with van der Waals surface area (Å²) in [5.74, 6) is 0. The van der Waals surface area contributed by atoms with E-state index in [0.29, 0.717) is 13.2 Å². The normalized spacial score (nSPS) is 19.0. The Kier molecular flexibility index (Phi) is 14.8. The third kappa shape index (κ3) is 10.1. The summed E-state index contributed by atoms with van der Waals surface area (Å²) in [6.45, 7) is 18.8. The number of hydrogen-bond acceptors (Lipinski definition) is 5. The van der Waals surface area contributed by atoms with E-state index < -0.39 is 41.1 Å². The zero-order valence-electron chi connectivity index (χ0n) is 36.9. The van der Waals surface area contributed by atoms with E-state index >= 15 is 0 Å². The first kappa shape index (κ1) is 45.4. The zero-order chi connectivity index (χ0) is 43.1. The fraction of sp³-hybridized carbons (Fsp3) is 0.308. The van der Waals surface area contributed by atoms with Crippen molar-refractivity contribution in [2.75, 3.05) is 13.2 Å². The Morgan fingerprint density at radius 3 is 0.967 bits per heavy atom. The molecule has 0 spiro atoms. The molecule has 0 amide bonds. The van der Waals surface area contributed by atoms with Gasteiger partial charge in [-0.15, -0.1) is 0 Å². The second kappa shape index (κ2) is 19.9. The molecule has 0 aromatic heterocycles. The second-order valence-electron chi connectivity index (χ2n) is 18.3. The fourth-order valence-electron chi connectivity index (χ4n) is 8.81. The molecular weight excluding hydrogens is 823 g/mol. The first-order chi connectivity index (χ1) is 29.3. The Hall–Kier alpha value is -3.59. The van der Waals surface area contributed by atoms with Crippen LogP contribution in [0.5, 0.6) is 0 Å². The SMILES string of the molecule is Cc1ccc(PO[C@H]2[C@H](OPc3ccc(C)cc3)[C@@H](CO[Si](c3ccccc3)(c3ccccc3)C(C)(C)C)O[C@@H]2CO[Si](c2ccccc2)(c2ccccc2)C(C)(C)C)cc1. The lowest BCUT2D eigenvalue weighted by molar-refractivity contribution is -0.0290. The monoisotopic (exact) mass is 884 g/mol. The summed E-state index contributed by atoms with van der Waals surface area (Å²) in [6, 6.07) is 60.5. The molecule has 0 bridgehead atoms. The van der Waals surface area contributed by atoms with E-state index in [0.717, 1.165) is 10.6 Å². The Morgan fingerprint density at radius 1 is 0.426 bits per heavy atom. The van der Waals surface area contributed by atoms with Crippen molar-refractivity contribution >= 4 is 65.6 Å². The molecule has 318 valence electrons. The maximum absolute atomic E-state index is 7.61. The van der Waals surface area contributed by atoms with Crippen LogP contribution in [0.3, 0.4) is 0 Å². The van der Waals surface area contributed by atoms with Gasteiger partial charge in [-0.2, -0.15) is 0 Å². The molecule has 9 heteroatoms. The molecule has 1 fully saturated rings. The van der Waals surface area contributed by atoms with Crippen LogP contribution in [0.4, 0.5) is 0 Å². The van der Waals surface area contributed by atoms with Gasteiger partial charge in [0.25, 0.3) is 16.6 Å². The van der Waals surface area contributed by atoms with Crippen molar-refractivity contribution in [3.05, 3.63) is 181 Å². The lowest BCUT2D eigenvalue weighted by Crippen LogP contribution is -2.67. The Morgan fingerprint density at radius 2 is 0.705 bits per heavy atom. The standard InChI is InChI=1S/C52H62O5P2Si2/c1-39-29-33-41(34-30-39)58-56-49-47(37-53-60(51(3,4)5,43-21-13-9-14-22-43)44-23-15-10-16-24-44)55-48(50(49)57-59-42-35-31-40(2)32-36-42)38-54-61(52(6,7)8,45-25-17-11-18-26-45)46-27-19-12-20-28-46/h9-36,47-50,58-59H,37-38H2,1-8H3/t47-,48-,49-,50-/m1/s1. The number of benzene rings is 6. The molecule has 0 N–H and O–H groups in total. The molecule has 6 aromatic rings. The zero-order valence-corrected chi connectivity index (χ0v) is 40.9. The molecule has 1 aliphatic heterocycles. The van der Waals surface area contributed by atoms with Crippen molar-refractivity contribution in [2.45, 2.75) is 89.9 Å². The molecule has 6 aromatic carbocycles. The van der Waals surface area contributed by atoms with E-state index in [4.69, 9.17) is 22.6 Å². The number of aryl methyl sites for hydroxylation is 2. The maximum atomic E-state index is 7.61. The van der Waals surface area contributed by atoms with E-state index in [-0.39, 0.29) is 27.7 Å². The van der Waals surface area contributed by atoms with Crippen molar-refractivity contribution in [3.63, 3.8) is 0 Å². The molecule has 1 aliphatic rings. The lowest BCUT2D eigenvalue weighted by Gasteiger charge is -2.44. The Labute approximate surface area is 370 Å². The summed E-state index contributed by atoms with van der Waals surface area (Å²) in [5, 5.41) is 6.76. The highest BCUT2D eigenvalue weighted by atomic mass is 31.1. The third-order valence-corrected chi connectivity index (χ3v) is 23.8. The summed E-state index contributed by atoms with van der Waals surface area (Å²) < 4.78 is 36.7. The predicted molar refractivity (Wildman–Crippen MR) is 264 cm³/mol. The van der Waals surface area contributed by atoms with Crippen molar-refractivity contribution in [2.24, 2.45) is 0 Å². The highest BCUT2D eigenvalue weighted by Crippen LogP contribution is 2.41. The van der Waals surface area contributed by atoms with Gasteiger partial charge in [-0.05, 0) is 55.3 Å². The second-order valence-corrected chi connectivity index (χ2v) is 28.9. The average Bonchev–Trinajstić information content (AvgIpc) is 3.59. The molecule has 1 heterocycles. The molecule has 61 heavy (non-hydrogen) atoms. The molecule has 5 nitrogen and oxygen atoms in total. The topological polar surface area (TPSA) is 46.2 Å². The van der Waals surface area contributed by atoms with Gasteiger partial charge in [0.2, 0.25) is 0 Å². The molecule has 0 radical (unpaired) electrons. The summed E-state index contributed by atoms with van der Waals surface area (Å²) in [7, 11) is -5.65. The average molecular weight is 885 g/mol. The van der Waals surface area contributed by atoms with Crippen molar-refractivity contribution in [1.29, 1.82) is 0 Å². The van der Waals surface area contributed by atoms with Crippen LogP contribution in [0, 0.1) is 13.8 Å². The van der Waals surface area contributed by atoms with Crippen LogP contribution in [-0.4, -0.2) is 54.3 Å². The van der Waals surface area contributed by atoms with Gasteiger partial charge in [0.1, 0.15) is 24.4 Å². The Bertz CT molecular complexity index is 2010. The van der Waals surface area contributed by atoms with Crippen LogP contribution >= 0.6 is 17.6 Å². The summed E-state index contributed by atoms with van der Waals surface area (Å²) in [4.78, 5) is 0. The van der Waals surface area contributed by atoms with Gasteiger partial charge in [0, 0.05) is 17.6 Å². The highest BCUT2D eigenvalue weighted by Gasteiger charge is 2.55. The van der Waals surface area contributed by atoms with Gasteiger partial charge in [0.05, 0.1) is 13.2 Å². The lowest BCUT2D eigenvalue weighted by atomic mass is 10.1. The minimum atomic E-state index is -2.92. The molecule has 1 saturated heterocycles. The number of hydrogen-bond donors (Lipinski definition) is 0. The first-order valence-electron chi connectivity index (χ1n) is 21.4. The van der Waals surface area contributed by atoms with E-state index in [1.165, 1.54) is 31.9 Å². The van der Waals surface area contributed by atoms with Crippen molar-refractivity contribution in [1.82, 2.24) is 0 Å². The van der Waals surface area contributed by atoms with Crippen molar-refractivity contribution < 1.29 is 22.6 Å².